The van der Waals surface area contributed by atoms with Crippen LogP contribution in [0.5, 0.6) is 0 Å². The summed E-state index contributed by atoms with van der Waals surface area (Å²) in [5.41, 5.74) is 1.21. The molecule has 0 aromatic heterocycles. The van der Waals surface area contributed by atoms with E-state index < -0.39 is 15.9 Å². The van der Waals surface area contributed by atoms with Crippen LogP contribution in [0.1, 0.15) is 28.9 Å². The Balaban J connectivity index is 2.25. The van der Waals surface area contributed by atoms with E-state index in [-0.39, 0.29) is 22.4 Å². The van der Waals surface area contributed by atoms with Gasteiger partial charge in [-0.25, -0.2) is 12.8 Å². The number of hydrogen-bond donors (Lipinski definition) is 1. The fourth-order valence-corrected chi connectivity index (χ4v) is 2.88. The third-order valence-corrected chi connectivity index (χ3v) is 5.31. The number of rotatable bonds is 5. The van der Waals surface area contributed by atoms with E-state index in [0.29, 0.717) is 5.69 Å². The van der Waals surface area contributed by atoms with E-state index in [1.807, 2.05) is 0 Å². The maximum atomic E-state index is 13.0. The molecule has 134 valence electrons. The average molecular weight is 385 g/mol. The van der Waals surface area contributed by atoms with Crippen molar-refractivity contribution in [3.63, 3.8) is 0 Å². The van der Waals surface area contributed by atoms with Gasteiger partial charge in [-0.15, -0.1) is 0 Å². The van der Waals surface area contributed by atoms with Crippen molar-refractivity contribution >= 4 is 33.2 Å². The van der Waals surface area contributed by atoms with Crippen molar-refractivity contribution in [2.75, 3.05) is 17.6 Å². The van der Waals surface area contributed by atoms with Crippen LogP contribution >= 0.6 is 11.6 Å². The molecule has 0 radical (unpaired) electrons. The summed E-state index contributed by atoms with van der Waals surface area (Å²) < 4.78 is 37.3. The van der Waals surface area contributed by atoms with E-state index in [9.17, 15) is 17.6 Å². The fourth-order valence-electron chi connectivity index (χ4n) is 2.18. The third kappa shape index (κ3) is 4.70. The van der Waals surface area contributed by atoms with Crippen LogP contribution in [0, 0.1) is 5.82 Å². The van der Waals surface area contributed by atoms with Crippen molar-refractivity contribution in [3.05, 3.63) is 64.4 Å². The Morgan fingerprint density at radius 1 is 1.20 bits per heavy atom. The Labute approximate surface area is 151 Å². The van der Waals surface area contributed by atoms with Gasteiger partial charge < -0.3 is 5.32 Å². The molecule has 0 heterocycles. The van der Waals surface area contributed by atoms with E-state index in [4.69, 9.17) is 11.6 Å². The van der Waals surface area contributed by atoms with Crippen LogP contribution < -0.4 is 9.62 Å². The molecular formula is C17H18ClFN2O3S. The highest BCUT2D eigenvalue weighted by Crippen LogP contribution is 2.25. The first kappa shape index (κ1) is 19.2. The number of halogens is 2. The fraction of sp³-hybridized carbons (Fsp3) is 0.235. The summed E-state index contributed by atoms with van der Waals surface area (Å²) in [6.07, 6.45) is 1.07. The molecule has 1 amide bonds. The van der Waals surface area contributed by atoms with E-state index in [1.54, 1.807) is 19.1 Å². The Hall–Kier alpha value is -2.12. The summed E-state index contributed by atoms with van der Waals surface area (Å²) in [5, 5.41) is 2.97. The molecule has 1 N–H and O–H groups in total. The highest BCUT2D eigenvalue weighted by molar-refractivity contribution is 7.92. The van der Waals surface area contributed by atoms with Gasteiger partial charge in [-0.3, -0.25) is 9.10 Å². The average Bonchev–Trinajstić information content (AvgIpc) is 2.54. The van der Waals surface area contributed by atoms with Gasteiger partial charge in [0.1, 0.15) is 5.82 Å². The van der Waals surface area contributed by atoms with Crippen LogP contribution in [0.15, 0.2) is 42.5 Å². The normalized spacial score (nSPS) is 12.5. The summed E-state index contributed by atoms with van der Waals surface area (Å²) in [4.78, 5) is 12.5. The molecule has 2 rings (SSSR count). The minimum absolute atomic E-state index is 0.156. The van der Waals surface area contributed by atoms with Gasteiger partial charge in [0.25, 0.3) is 5.91 Å². The molecule has 1 atom stereocenters. The number of nitrogens with zero attached hydrogens (tertiary/aromatic N) is 1. The Morgan fingerprint density at radius 3 is 2.36 bits per heavy atom. The van der Waals surface area contributed by atoms with Crippen LogP contribution in [0.3, 0.4) is 0 Å². The van der Waals surface area contributed by atoms with Gasteiger partial charge in [0.15, 0.2) is 0 Å². The minimum atomic E-state index is -3.46. The van der Waals surface area contributed by atoms with Crippen molar-refractivity contribution in [3.8, 4) is 0 Å². The first-order valence-electron chi connectivity index (χ1n) is 7.39. The molecule has 2 aromatic rings. The van der Waals surface area contributed by atoms with E-state index >= 15 is 0 Å². The lowest BCUT2D eigenvalue weighted by atomic mass is 10.1. The molecule has 8 heteroatoms. The lowest BCUT2D eigenvalue weighted by molar-refractivity contribution is 0.0940. The number of anilines is 1. The highest BCUT2D eigenvalue weighted by Gasteiger charge is 2.18. The van der Waals surface area contributed by atoms with Gasteiger partial charge in [0.2, 0.25) is 10.0 Å². The van der Waals surface area contributed by atoms with Gasteiger partial charge in [0, 0.05) is 7.05 Å². The van der Waals surface area contributed by atoms with Gasteiger partial charge in [-0.05, 0) is 42.8 Å². The molecule has 0 aliphatic rings. The predicted molar refractivity (Wildman–Crippen MR) is 97.0 cm³/mol. The second kappa shape index (κ2) is 7.41. The first-order valence-corrected chi connectivity index (χ1v) is 9.62. The molecular weight excluding hydrogens is 367 g/mol. The van der Waals surface area contributed by atoms with Gasteiger partial charge >= 0.3 is 0 Å². The predicted octanol–water partition coefficient (Wildman–Crippen LogP) is 3.37. The number of nitrogens with one attached hydrogen (secondary N) is 1. The number of amides is 1. The summed E-state index contributed by atoms with van der Waals surface area (Å²) >= 11 is 6.08. The van der Waals surface area contributed by atoms with Crippen LogP contribution in [0.2, 0.25) is 5.02 Å². The van der Waals surface area contributed by atoms with Gasteiger partial charge in [-0.1, -0.05) is 23.7 Å². The van der Waals surface area contributed by atoms with Crippen molar-refractivity contribution in [1.82, 2.24) is 5.32 Å². The molecule has 1 unspecified atom stereocenters. The summed E-state index contributed by atoms with van der Waals surface area (Å²) in [5.74, 6) is -0.813. The second-order valence-corrected chi connectivity index (χ2v) is 8.06. The molecule has 2 aromatic carbocycles. The topological polar surface area (TPSA) is 66.5 Å². The summed E-state index contributed by atoms with van der Waals surface area (Å²) in [6, 6.07) is 9.81. The molecule has 0 saturated heterocycles. The molecule has 5 nitrogen and oxygen atoms in total. The largest absolute Gasteiger partial charge is 0.345 e. The maximum Gasteiger partial charge on any atom is 0.253 e. The number of carbonyl (C=O) groups is 1. The standard InChI is InChI=1S/C17H18ClFN2O3S/c1-11(12-4-6-13(19)7-5-12)20-17(22)15-10-14(8-9-16(15)18)21(2)25(3,23)24/h4-11H,1-3H3,(H,20,22). The molecule has 0 spiro atoms. The Bertz CT molecular complexity index is 885. The molecule has 0 aliphatic heterocycles. The monoisotopic (exact) mass is 384 g/mol. The number of sulfonamides is 1. The van der Waals surface area contributed by atoms with Gasteiger partial charge in [-0.2, -0.15) is 0 Å². The smallest absolute Gasteiger partial charge is 0.253 e. The minimum Gasteiger partial charge on any atom is -0.345 e. The summed E-state index contributed by atoms with van der Waals surface area (Å²) in [6.45, 7) is 1.76. The molecule has 0 saturated carbocycles. The second-order valence-electron chi connectivity index (χ2n) is 5.64. The van der Waals surface area contributed by atoms with Gasteiger partial charge in [0.05, 0.1) is 28.6 Å². The molecule has 0 aliphatic carbocycles. The molecule has 0 fully saturated rings. The quantitative estimate of drug-likeness (QED) is 0.859. The van der Waals surface area contributed by atoms with E-state index in [1.165, 1.54) is 37.4 Å². The zero-order valence-electron chi connectivity index (χ0n) is 14.0. The number of hydrogen-bond acceptors (Lipinski definition) is 3. The highest BCUT2D eigenvalue weighted by atomic mass is 35.5. The Morgan fingerprint density at radius 2 is 1.80 bits per heavy atom. The van der Waals surface area contributed by atoms with E-state index in [2.05, 4.69) is 5.32 Å². The van der Waals surface area contributed by atoms with Crippen molar-refractivity contribution in [2.45, 2.75) is 13.0 Å². The van der Waals surface area contributed by atoms with Crippen LogP contribution in [0.4, 0.5) is 10.1 Å². The lowest BCUT2D eigenvalue weighted by Crippen LogP contribution is -2.28. The number of benzene rings is 2. The van der Waals surface area contributed by atoms with Crippen molar-refractivity contribution < 1.29 is 17.6 Å². The zero-order valence-corrected chi connectivity index (χ0v) is 15.5. The summed E-state index contributed by atoms with van der Waals surface area (Å²) in [7, 11) is -2.07. The van der Waals surface area contributed by atoms with Crippen LogP contribution in [-0.2, 0) is 10.0 Å². The van der Waals surface area contributed by atoms with Crippen LogP contribution in [-0.4, -0.2) is 27.6 Å². The third-order valence-electron chi connectivity index (χ3n) is 3.77. The zero-order chi connectivity index (χ0) is 18.8. The number of carbonyl (C=O) groups excluding carboxylic acids is 1. The SMILES string of the molecule is CC(NC(=O)c1cc(N(C)S(C)(=O)=O)ccc1Cl)c1ccc(F)cc1. The maximum absolute atomic E-state index is 13.0. The first-order chi connectivity index (χ1) is 11.6. The lowest BCUT2D eigenvalue weighted by Gasteiger charge is -2.19. The molecule has 25 heavy (non-hydrogen) atoms. The molecule has 0 bridgehead atoms. The Kier molecular flexibility index (Phi) is 5.69. The van der Waals surface area contributed by atoms with Crippen molar-refractivity contribution in [1.29, 1.82) is 0 Å². The van der Waals surface area contributed by atoms with Crippen molar-refractivity contribution in [2.24, 2.45) is 0 Å². The van der Waals surface area contributed by atoms with Crippen LogP contribution in [0.25, 0.3) is 0 Å². The van der Waals surface area contributed by atoms with E-state index in [0.717, 1.165) is 16.1 Å².